The van der Waals surface area contributed by atoms with E-state index in [2.05, 4.69) is 27.8 Å². The molecule has 0 unspecified atom stereocenters. The van der Waals surface area contributed by atoms with E-state index in [0.717, 1.165) is 29.8 Å². The second-order valence-electron chi connectivity index (χ2n) is 2.52. The lowest BCUT2D eigenvalue weighted by Gasteiger charge is -2.03. The highest BCUT2D eigenvalue weighted by Gasteiger charge is 1.93. The van der Waals surface area contributed by atoms with Crippen LogP contribution in [0.4, 0.5) is 0 Å². The van der Waals surface area contributed by atoms with E-state index in [9.17, 15) is 0 Å². The van der Waals surface area contributed by atoms with Gasteiger partial charge < -0.3 is 4.74 Å². The molecule has 0 aliphatic carbocycles. The van der Waals surface area contributed by atoms with Crippen molar-refractivity contribution in [2.24, 2.45) is 0 Å². The number of nitrogens with zero attached hydrogens (tertiary/aromatic N) is 1. The maximum absolute atomic E-state index is 5.46. The van der Waals surface area contributed by atoms with E-state index in [4.69, 9.17) is 4.74 Å². The first kappa shape index (κ1) is 9.52. The third kappa shape index (κ3) is 3.22. The van der Waals surface area contributed by atoms with Crippen molar-refractivity contribution in [3.8, 4) is 5.75 Å². The van der Waals surface area contributed by atoms with Crippen LogP contribution in [-0.2, 0) is 0 Å². The average Bonchev–Trinajstić information content (AvgIpc) is 2.05. The molecule has 1 heterocycles. The van der Waals surface area contributed by atoms with E-state index in [1.165, 1.54) is 0 Å². The molecular weight excluding hydrogens is 218 g/mol. The molecule has 0 radical (unpaired) electrons. The summed E-state index contributed by atoms with van der Waals surface area (Å²) < 4.78 is 6.27. The van der Waals surface area contributed by atoms with Crippen LogP contribution in [0.5, 0.6) is 5.75 Å². The summed E-state index contributed by atoms with van der Waals surface area (Å²) in [4.78, 5) is 4.00. The molecule has 0 saturated heterocycles. The van der Waals surface area contributed by atoms with E-state index in [1.807, 2.05) is 12.1 Å². The molecule has 0 bridgehead atoms. The first-order chi connectivity index (χ1) is 5.83. The minimum Gasteiger partial charge on any atom is -0.493 e. The molecule has 0 N–H and O–H groups in total. The van der Waals surface area contributed by atoms with Gasteiger partial charge in [-0.1, -0.05) is 13.3 Å². The molecule has 12 heavy (non-hydrogen) atoms. The van der Waals surface area contributed by atoms with Crippen LogP contribution in [0.15, 0.2) is 22.9 Å². The van der Waals surface area contributed by atoms with Crippen LogP contribution in [0.2, 0.25) is 0 Å². The molecule has 0 spiro atoms. The zero-order valence-corrected chi connectivity index (χ0v) is 8.67. The Hall–Kier alpha value is -0.570. The van der Waals surface area contributed by atoms with Gasteiger partial charge in [-0.2, -0.15) is 0 Å². The van der Waals surface area contributed by atoms with Gasteiger partial charge in [-0.05, 0) is 28.4 Å². The van der Waals surface area contributed by atoms with Gasteiger partial charge in [-0.3, -0.25) is 0 Å². The van der Waals surface area contributed by atoms with Crippen molar-refractivity contribution >= 4 is 15.9 Å². The van der Waals surface area contributed by atoms with Gasteiger partial charge in [-0.25, -0.2) is 4.98 Å². The van der Waals surface area contributed by atoms with E-state index < -0.39 is 0 Å². The van der Waals surface area contributed by atoms with E-state index in [1.54, 1.807) is 6.20 Å². The maximum Gasteiger partial charge on any atom is 0.123 e. The number of ether oxygens (including phenoxy) is 1. The van der Waals surface area contributed by atoms with Crippen molar-refractivity contribution in [1.29, 1.82) is 0 Å². The van der Waals surface area contributed by atoms with Crippen molar-refractivity contribution in [3.63, 3.8) is 0 Å². The average molecular weight is 230 g/mol. The molecule has 1 aromatic rings. The molecule has 0 atom stereocenters. The Morgan fingerprint density at radius 1 is 1.58 bits per heavy atom. The first-order valence-corrected chi connectivity index (χ1v) is 4.86. The Balaban J connectivity index is 2.41. The SMILES string of the molecule is CCCCOc1ccnc(Br)c1. The molecule has 0 saturated carbocycles. The lowest BCUT2D eigenvalue weighted by molar-refractivity contribution is 0.309. The summed E-state index contributed by atoms with van der Waals surface area (Å²) in [6.07, 6.45) is 3.98. The minimum absolute atomic E-state index is 0.785. The number of halogens is 1. The summed E-state index contributed by atoms with van der Waals surface area (Å²) in [5, 5.41) is 0. The third-order valence-corrected chi connectivity index (χ3v) is 1.90. The number of hydrogen-bond acceptors (Lipinski definition) is 2. The van der Waals surface area contributed by atoms with Gasteiger partial charge in [0.25, 0.3) is 0 Å². The van der Waals surface area contributed by atoms with E-state index in [-0.39, 0.29) is 0 Å². The van der Waals surface area contributed by atoms with Crippen molar-refractivity contribution in [3.05, 3.63) is 22.9 Å². The molecule has 3 heteroatoms. The summed E-state index contributed by atoms with van der Waals surface area (Å²) in [5.74, 6) is 0.880. The number of unbranched alkanes of at least 4 members (excludes halogenated alkanes) is 1. The van der Waals surface area contributed by atoms with Gasteiger partial charge in [0.15, 0.2) is 0 Å². The van der Waals surface area contributed by atoms with Crippen LogP contribution in [-0.4, -0.2) is 11.6 Å². The third-order valence-electron chi connectivity index (χ3n) is 1.46. The van der Waals surface area contributed by atoms with Gasteiger partial charge in [0.1, 0.15) is 10.4 Å². The van der Waals surface area contributed by atoms with Gasteiger partial charge in [0.05, 0.1) is 6.61 Å². The first-order valence-electron chi connectivity index (χ1n) is 4.07. The Kier molecular flexibility index (Phi) is 4.08. The molecule has 2 nitrogen and oxygen atoms in total. The number of pyridine rings is 1. The summed E-state index contributed by atoms with van der Waals surface area (Å²) >= 11 is 3.28. The van der Waals surface area contributed by atoms with Crippen LogP contribution in [0.3, 0.4) is 0 Å². The molecule has 0 aliphatic heterocycles. The van der Waals surface area contributed by atoms with Crippen molar-refractivity contribution in [2.75, 3.05) is 6.61 Å². The zero-order valence-electron chi connectivity index (χ0n) is 7.09. The van der Waals surface area contributed by atoms with Crippen molar-refractivity contribution in [1.82, 2.24) is 4.98 Å². The highest BCUT2D eigenvalue weighted by molar-refractivity contribution is 9.10. The van der Waals surface area contributed by atoms with Crippen LogP contribution < -0.4 is 4.74 Å². The van der Waals surface area contributed by atoms with Gasteiger partial charge in [0, 0.05) is 12.3 Å². The minimum atomic E-state index is 0.785. The molecule has 1 aromatic heterocycles. The molecule has 1 rings (SSSR count). The highest BCUT2D eigenvalue weighted by Crippen LogP contribution is 2.14. The second-order valence-corrected chi connectivity index (χ2v) is 3.33. The van der Waals surface area contributed by atoms with Gasteiger partial charge in [-0.15, -0.1) is 0 Å². The van der Waals surface area contributed by atoms with E-state index >= 15 is 0 Å². The topological polar surface area (TPSA) is 22.1 Å². The smallest absolute Gasteiger partial charge is 0.123 e. The maximum atomic E-state index is 5.46. The monoisotopic (exact) mass is 229 g/mol. The lowest BCUT2D eigenvalue weighted by atomic mass is 10.3. The summed E-state index contributed by atoms with van der Waals surface area (Å²) in [5.41, 5.74) is 0. The predicted octanol–water partition coefficient (Wildman–Crippen LogP) is 3.02. The zero-order chi connectivity index (χ0) is 8.81. The lowest BCUT2D eigenvalue weighted by Crippen LogP contribution is -1.96. The van der Waals surface area contributed by atoms with Crippen molar-refractivity contribution in [2.45, 2.75) is 19.8 Å². The Morgan fingerprint density at radius 3 is 3.08 bits per heavy atom. The Morgan fingerprint density at radius 2 is 2.42 bits per heavy atom. The fourth-order valence-corrected chi connectivity index (χ4v) is 1.15. The molecule has 0 aliphatic rings. The van der Waals surface area contributed by atoms with Gasteiger partial charge in [0.2, 0.25) is 0 Å². The highest BCUT2D eigenvalue weighted by atomic mass is 79.9. The molecular formula is C9H12BrNO. The second kappa shape index (κ2) is 5.14. The molecule has 0 amide bonds. The summed E-state index contributed by atoms with van der Waals surface area (Å²) in [6, 6.07) is 3.73. The fourth-order valence-electron chi connectivity index (χ4n) is 0.809. The fraction of sp³-hybridized carbons (Fsp3) is 0.444. The van der Waals surface area contributed by atoms with E-state index in [0.29, 0.717) is 0 Å². The van der Waals surface area contributed by atoms with Crippen LogP contribution >= 0.6 is 15.9 Å². The quantitative estimate of drug-likeness (QED) is 0.585. The van der Waals surface area contributed by atoms with Gasteiger partial charge >= 0.3 is 0 Å². The standard InChI is InChI=1S/C9H12BrNO/c1-2-3-6-12-8-4-5-11-9(10)7-8/h4-5,7H,2-3,6H2,1H3. The molecule has 0 fully saturated rings. The summed E-state index contributed by atoms with van der Waals surface area (Å²) in [7, 11) is 0. The summed E-state index contributed by atoms with van der Waals surface area (Å²) in [6.45, 7) is 2.93. The number of rotatable bonds is 4. The molecule has 0 aromatic carbocycles. The largest absolute Gasteiger partial charge is 0.493 e. The molecule has 66 valence electrons. The van der Waals surface area contributed by atoms with Crippen LogP contribution in [0.25, 0.3) is 0 Å². The normalized spacial score (nSPS) is 9.83. The van der Waals surface area contributed by atoms with Crippen molar-refractivity contribution < 1.29 is 4.74 Å². The Labute approximate surface area is 81.1 Å². The number of hydrogen-bond donors (Lipinski definition) is 0. The number of aromatic nitrogens is 1. The predicted molar refractivity (Wildman–Crippen MR) is 52.3 cm³/mol. The van der Waals surface area contributed by atoms with Crippen LogP contribution in [0, 0.1) is 0 Å². The Bertz CT molecular complexity index is 240. The van der Waals surface area contributed by atoms with Crippen LogP contribution in [0.1, 0.15) is 19.8 Å².